The maximum Gasteiger partial charge on any atom is 0.416 e. The number of hydrogen-bond acceptors (Lipinski definition) is 5. The summed E-state index contributed by atoms with van der Waals surface area (Å²) in [4.78, 5) is 18.6. The lowest BCUT2D eigenvalue weighted by atomic mass is 10.1. The summed E-state index contributed by atoms with van der Waals surface area (Å²) in [6, 6.07) is 14.1. The molecule has 1 aromatic heterocycles. The predicted molar refractivity (Wildman–Crippen MR) is 140 cm³/mol. The van der Waals surface area contributed by atoms with E-state index in [0.29, 0.717) is 12.1 Å². The van der Waals surface area contributed by atoms with Gasteiger partial charge in [0.2, 0.25) is 5.89 Å². The average molecular weight is 624 g/mol. The third-order valence-electron chi connectivity index (χ3n) is 5.83. The molecule has 0 spiro atoms. The quantitative estimate of drug-likeness (QED) is 0.159. The number of amides is 1. The zero-order chi connectivity index (χ0) is 29.0. The number of aromatic nitrogens is 1. The maximum atomic E-state index is 15.1. The highest BCUT2D eigenvalue weighted by Gasteiger charge is 2.30. The second-order valence-corrected chi connectivity index (χ2v) is 9.71. The highest BCUT2D eigenvalue weighted by atomic mass is 79.9. The van der Waals surface area contributed by atoms with E-state index < -0.39 is 47.2 Å². The molecule has 6 nitrogen and oxygen atoms in total. The number of aryl methyl sites for hydroxylation is 1. The molecule has 0 fully saturated rings. The molecule has 0 aliphatic carbocycles. The number of ether oxygens (including phenoxy) is 1. The van der Waals surface area contributed by atoms with Gasteiger partial charge in [0.15, 0.2) is 22.8 Å². The molecule has 12 heteroatoms. The molecule has 0 atom stereocenters. The smallest absolute Gasteiger partial charge is 0.416 e. The molecule has 3 aromatic carbocycles. The van der Waals surface area contributed by atoms with Crippen molar-refractivity contribution in [3.05, 3.63) is 105 Å². The zero-order valence-electron chi connectivity index (χ0n) is 21.3. The van der Waals surface area contributed by atoms with Crippen molar-refractivity contribution in [1.82, 2.24) is 15.2 Å². The van der Waals surface area contributed by atoms with Gasteiger partial charge in [-0.2, -0.15) is 13.2 Å². The number of rotatable bonds is 9. The molecule has 0 aliphatic heterocycles. The summed E-state index contributed by atoms with van der Waals surface area (Å²) in [7, 11) is 1.75. The summed E-state index contributed by atoms with van der Waals surface area (Å²) in [5, 5.41) is 2.50. The minimum Gasteiger partial charge on any atom is -0.481 e. The number of alkyl halides is 3. The number of nitrogens with zero attached hydrogens (tertiary/aromatic N) is 2. The standard InChI is InChI=1S/C28H23BrF5N3O3/c1-16-3-5-17(6-4-16)13-37(2)15-35-27(38)23-20(30)11-12-21(24(23)31)39-14-22-36-25(26(29)40-22)18-7-9-19(10-8-18)28(32,33)34/h3-12H,13-15H2,1-2H3,(H,35,38). The summed E-state index contributed by atoms with van der Waals surface area (Å²) >= 11 is 3.16. The Bertz CT molecular complexity index is 1490. The van der Waals surface area contributed by atoms with Crippen molar-refractivity contribution in [1.29, 1.82) is 0 Å². The van der Waals surface area contributed by atoms with Crippen molar-refractivity contribution in [3.8, 4) is 17.0 Å². The first-order valence-corrected chi connectivity index (χ1v) is 12.7. The summed E-state index contributed by atoms with van der Waals surface area (Å²) in [5.41, 5.74) is 1.05. The van der Waals surface area contributed by atoms with Gasteiger partial charge in [0.05, 0.1) is 12.2 Å². The van der Waals surface area contributed by atoms with Gasteiger partial charge in [0, 0.05) is 12.1 Å². The van der Waals surface area contributed by atoms with Crippen LogP contribution in [0.1, 0.15) is 32.9 Å². The van der Waals surface area contributed by atoms with E-state index in [1.54, 1.807) is 11.9 Å². The van der Waals surface area contributed by atoms with Crippen molar-refractivity contribution in [2.45, 2.75) is 26.3 Å². The lowest BCUT2D eigenvalue weighted by molar-refractivity contribution is -0.137. The van der Waals surface area contributed by atoms with Crippen LogP contribution in [0, 0.1) is 18.6 Å². The van der Waals surface area contributed by atoms with E-state index in [9.17, 15) is 22.4 Å². The Labute approximate surface area is 234 Å². The van der Waals surface area contributed by atoms with Gasteiger partial charge in [0.1, 0.15) is 17.1 Å². The zero-order valence-corrected chi connectivity index (χ0v) is 22.9. The first-order valence-electron chi connectivity index (χ1n) is 11.9. The Morgan fingerprint density at radius 2 is 1.73 bits per heavy atom. The van der Waals surface area contributed by atoms with E-state index in [1.807, 2.05) is 31.2 Å². The van der Waals surface area contributed by atoms with Gasteiger partial charge in [-0.1, -0.05) is 42.0 Å². The molecular weight excluding hydrogens is 601 g/mol. The highest BCUT2D eigenvalue weighted by molar-refractivity contribution is 9.10. The topological polar surface area (TPSA) is 67.6 Å². The van der Waals surface area contributed by atoms with Crippen LogP contribution in [0.5, 0.6) is 5.75 Å². The molecular formula is C28H23BrF5N3O3. The van der Waals surface area contributed by atoms with Crippen LogP contribution in [0.3, 0.4) is 0 Å². The largest absolute Gasteiger partial charge is 0.481 e. The molecule has 0 unspecified atom stereocenters. The molecule has 0 saturated heterocycles. The average Bonchev–Trinajstić information content (AvgIpc) is 3.28. The van der Waals surface area contributed by atoms with Crippen molar-refractivity contribution in [2.75, 3.05) is 13.7 Å². The normalized spacial score (nSPS) is 11.6. The van der Waals surface area contributed by atoms with Gasteiger partial charge in [-0.3, -0.25) is 9.69 Å². The van der Waals surface area contributed by atoms with Gasteiger partial charge < -0.3 is 14.5 Å². The van der Waals surface area contributed by atoms with Crippen molar-refractivity contribution >= 4 is 21.8 Å². The lowest BCUT2D eigenvalue weighted by Crippen LogP contribution is -2.35. The van der Waals surface area contributed by atoms with E-state index in [0.717, 1.165) is 35.4 Å². The number of halogens is 6. The monoisotopic (exact) mass is 623 g/mol. The van der Waals surface area contributed by atoms with E-state index in [4.69, 9.17) is 9.15 Å². The second kappa shape index (κ2) is 12.2. The molecule has 40 heavy (non-hydrogen) atoms. The van der Waals surface area contributed by atoms with Crippen LogP contribution in [0.4, 0.5) is 22.0 Å². The summed E-state index contributed by atoms with van der Waals surface area (Å²) in [5.74, 6) is -3.67. The molecule has 1 amide bonds. The van der Waals surface area contributed by atoms with E-state index in [-0.39, 0.29) is 22.9 Å². The number of oxazole rings is 1. The Kier molecular flexibility index (Phi) is 8.89. The number of hydrogen-bond donors (Lipinski definition) is 1. The molecule has 1 heterocycles. The predicted octanol–water partition coefficient (Wildman–Crippen LogP) is 7.11. The first-order chi connectivity index (χ1) is 18.9. The summed E-state index contributed by atoms with van der Waals surface area (Å²) in [6.45, 7) is 2.12. The molecule has 210 valence electrons. The molecule has 1 N–H and O–H groups in total. The molecule has 0 aliphatic rings. The second-order valence-electron chi connectivity index (χ2n) is 8.99. The molecule has 0 saturated carbocycles. The van der Waals surface area contributed by atoms with Gasteiger partial charge >= 0.3 is 6.18 Å². The number of nitrogens with one attached hydrogen (secondary N) is 1. The molecule has 4 aromatic rings. The van der Waals surface area contributed by atoms with Gasteiger partial charge in [-0.05, 0) is 59.7 Å². The SMILES string of the molecule is Cc1ccc(CN(C)CNC(=O)c2c(F)ccc(OCc3nc(-c4ccc(C(F)(F)F)cc4)c(Br)o3)c2F)cc1. The first kappa shape index (κ1) is 29.2. The van der Waals surface area contributed by atoms with Crippen LogP contribution in [0.2, 0.25) is 0 Å². The minimum atomic E-state index is -4.48. The van der Waals surface area contributed by atoms with Crippen LogP contribution in [0.25, 0.3) is 11.3 Å². The maximum absolute atomic E-state index is 15.1. The van der Waals surface area contributed by atoms with Crippen LogP contribution in [0.15, 0.2) is 69.8 Å². The van der Waals surface area contributed by atoms with Crippen LogP contribution >= 0.6 is 15.9 Å². The van der Waals surface area contributed by atoms with Crippen LogP contribution in [-0.4, -0.2) is 29.5 Å². The number of carbonyl (C=O) groups excluding carboxylic acids is 1. The van der Waals surface area contributed by atoms with Gasteiger partial charge in [-0.15, -0.1) is 0 Å². The number of carbonyl (C=O) groups is 1. The minimum absolute atomic E-state index is 0.0331. The van der Waals surface area contributed by atoms with E-state index in [1.165, 1.54) is 12.1 Å². The van der Waals surface area contributed by atoms with Crippen molar-refractivity contribution in [3.63, 3.8) is 0 Å². The van der Waals surface area contributed by atoms with Gasteiger partial charge in [0.25, 0.3) is 5.91 Å². The molecule has 0 bridgehead atoms. The third kappa shape index (κ3) is 7.05. The summed E-state index contributed by atoms with van der Waals surface area (Å²) < 4.78 is 78.9. The Morgan fingerprint density at radius 1 is 1.05 bits per heavy atom. The van der Waals surface area contributed by atoms with E-state index >= 15 is 4.39 Å². The van der Waals surface area contributed by atoms with Crippen LogP contribution < -0.4 is 10.1 Å². The van der Waals surface area contributed by atoms with Crippen LogP contribution in [-0.2, 0) is 19.3 Å². The Balaban J connectivity index is 1.40. The third-order valence-corrected chi connectivity index (χ3v) is 6.37. The fourth-order valence-electron chi connectivity index (χ4n) is 3.75. The highest BCUT2D eigenvalue weighted by Crippen LogP contribution is 2.33. The van der Waals surface area contributed by atoms with E-state index in [2.05, 4.69) is 26.2 Å². The fourth-order valence-corrected chi connectivity index (χ4v) is 4.25. The Morgan fingerprint density at radius 3 is 2.38 bits per heavy atom. The molecule has 4 rings (SSSR count). The Hall–Kier alpha value is -3.77. The van der Waals surface area contributed by atoms with Crippen molar-refractivity contribution < 1.29 is 35.9 Å². The van der Waals surface area contributed by atoms with Crippen molar-refractivity contribution in [2.24, 2.45) is 0 Å². The number of benzene rings is 3. The fraction of sp³-hybridized carbons (Fsp3) is 0.214. The van der Waals surface area contributed by atoms with Gasteiger partial charge in [-0.25, -0.2) is 13.8 Å². The molecule has 0 radical (unpaired) electrons. The lowest BCUT2D eigenvalue weighted by Gasteiger charge is -2.18. The summed E-state index contributed by atoms with van der Waals surface area (Å²) in [6.07, 6.45) is -4.48.